The van der Waals surface area contributed by atoms with Gasteiger partial charge < -0.3 is 14.2 Å². The first kappa shape index (κ1) is 20.6. The van der Waals surface area contributed by atoms with Crippen molar-refractivity contribution in [3.8, 4) is 17.2 Å². The Labute approximate surface area is 186 Å². The third-order valence-corrected chi connectivity index (χ3v) is 4.83. The Morgan fingerprint density at radius 3 is 2.48 bits per heavy atom. The van der Waals surface area contributed by atoms with E-state index in [1.807, 2.05) is 6.07 Å². The van der Waals surface area contributed by atoms with E-state index in [1.165, 1.54) is 6.21 Å². The van der Waals surface area contributed by atoms with Crippen molar-refractivity contribution in [2.45, 2.75) is 0 Å². The molecular formula is C23H17BrN2O5. The summed E-state index contributed by atoms with van der Waals surface area (Å²) >= 11 is 3.33. The van der Waals surface area contributed by atoms with E-state index >= 15 is 0 Å². The number of ether oxygens (including phenoxy) is 3. The Bertz CT molecular complexity index is 1140. The van der Waals surface area contributed by atoms with Crippen LogP contribution in [-0.2, 0) is 0 Å². The summed E-state index contributed by atoms with van der Waals surface area (Å²) in [4.78, 5) is 24.5. The number of hydrogen-bond donors (Lipinski definition) is 1. The molecule has 0 saturated heterocycles. The highest BCUT2D eigenvalue weighted by Gasteiger charge is 2.14. The summed E-state index contributed by atoms with van der Waals surface area (Å²) in [5.41, 5.74) is 4.06. The van der Waals surface area contributed by atoms with Gasteiger partial charge in [0.15, 0.2) is 11.5 Å². The van der Waals surface area contributed by atoms with Gasteiger partial charge in [0.1, 0.15) is 19.0 Å². The van der Waals surface area contributed by atoms with Crippen LogP contribution in [0.1, 0.15) is 26.3 Å². The molecule has 0 unspecified atom stereocenters. The van der Waals surface area contributed by atoms with E-state index in [1.54, 1.807) is 60.7 Å². The van der Waals surface area contributed by atoms with Crippen molar-refractivity contribution < 1.29 is 23.8 Å². The maximum absolute atomic E-state index is 12.3. The van der Waals surface area contributed by atoms with Crippen LogP contribution in [0, 0.1) is 0 Å². The predicted octanol–water partition coefficient (Wildman–Crippen LogP) is 4.20. The minimum Gasteiger partial charge on any atom is -0.486 e. The molecule has 0 aliphatic carbocycles. The Hall–Kier alpha value is -3.65. The molecule has 31 heavy (non-hydrogen) atoms. The van der Waals surface area contributed by atoms with Crippen molar-refractivity contribution in [2.75, 3.05) is 13.2 Å². The van der Waals surface area contributed by atoms with Crippen LogP contribution in [0.15, 0.2) is 76.3 Å². The van der Waals surface area contributed by atoms with Gasteiger partial charge in [-0.3, -0.25) is 4.79 Å². The Morgan fingerprint density at radius 2 is 1.71 bits per heavy atom. The van der Waals surface area contributed by atoms with Crippen molar-refractivity contribution in [1.29, 1.82) is 0 Å². The largest absolute Gasteiger partial charge is 0.486 e. The van der Waals surface area contributed by atoms with E-state index in [-0.39, 0.29) is 5.91 Å². The topological polar surface area (TPSA) is 86.2 Å². The molecule has 0 atom stereocenters. The van der Waals surface area contributed by atoms with Gasteiger partial charge in [-0.1, -0.05) is 22.0 Å². The minimum absolute atomic E-state index is 0.368. The summed E-state index contributed by atoms with van der Waals surface area (Å²) in [6.45, 7) is 0.940. The first-order valence-electron chi connectivity index (χ1n) is 9.39. The van der Waals surface area contributed by atoms with E-state index in [0.717, 1.165) is 10.0 Å². The fourth-order valence-corrected chi connectivity index (χ4v) is 3.22. The smallest absolute Gasteiger partial charge is 0.343 e. The second-order valence-corrected chi connectivity index (χ2v) is 7.44. The third-order valence-electron chi connectivity index (χ3n) is 4.34. The van der Waals surface area contributed by atoms with Gasteiger partial charge in [-0.05, 0) is 66.2 Å². The van der Waals surface area contributed by atoms with E-state index in [4.69, 9.17) is 14.2 Å². The monoisotopic (exact) mass is 480 g/mol. The molecule has 1 heterocycles. The second-order valence-electron chi connectivity index (χ2n) is 6.53. The maximum Gasteiger partial charge on any atom is 0.343 e. The van der Waals surface area contributed by atoms with E-state index < -0.39 is 5.97 Å². The second kappa shape index (κ2) is 9.44. The fraction of sp³-hybridized carbons (Fsp3) is 0.0870. The first-order chi connectivity index (χ1) is 15.1. The molecule has 1 N–H and O–H groups in total. The van der Waals surface area contributed by atoms with Gasteiger partial charge in [-0.2, -0.15) is 5.10 Å². The van der Waals surface area contributed by atoms with Gasteiger partial charge in [0, 0.05) is 10.0 Å². The molecule has 0 fully saturated rings. The maximum atomic E-state index is 12.3. The molecular weight excluding hydrogens is 464 g/mol. The standard InChI is InChI=1S/C23H17BrN2O5/c24-18-3-1-2-17(12-18)23(28)31-19-7-4-15(5-8-19)14-25-26-22(27)16-6-9-20-21(13-16)30-11-10-29-20/h1-9,12-14H,10-11H2,(H,26,27)/b25-14-. The first-order valence-corrected chi connectivity index (χ1v) is 10.2. The third kappa shape index (κ3) is 5.29. The molecule has 0 spiro atoms. The van der Waals surface area contributed by atoms with Gasteiger partial charge in [0.25, 0.3) is 5.91 Å². The number of halogens is 1. The molecule has 0 aromatic heterocycles. The summed E-state index contributed by atoms with van der Waals surface area (Å²) in [7, 11) is 0. The van der Waals surface area contributed by atoms with Gasteiger partial charge in [-0.25, -0.2) is 10.2 Å². The van der Waals surface area contributed by atoms with Crippen LogP contribution in [-0.4, -0.2) is 31.3 Å². The predicted molar refractivity (Wildman–Crippen MR) is 118 cm³/mol. The van der Waals surface area contributed by atoms with Crippen molar-refractivity contribution in [1.82, 2.24) is 5.43 Å². The molecule has 0 bridgehead atoms. The number of hydrogen-bond acceptors (Lipinski definition) is 6. The Balaban J connectivity index is 1.33. The molecule has 7 nitrogen and oxygen atoms in total. The molecule has 8 heteroatoms. The fourth-order valence-electron chi connectivity index (χ4n) is 2.82. The van der Waals surface area contributed by atoms with Crippen LogP contribution < -0.4 is 19.6 Å². The quantitative estimate of drug-likeness (QED) is 0.256. The van der Waals surface area contributed by atoms with Crippen LogP contribution in [0.4, 0.5) is 0 Å². The highest BCUT2D eigenvalue weighted by Crippen LogP contribution is 2.30. The summed E-state index contributed by atoms with van der Waals surface area (Å²) in [6, 6.07) is 18.7. The zero-order valence-electron chi connectivity index (χ0n) is 16.2. The number of esters is 1. The Morgan fingerprint density at radius 1 is 0.935 bits per heavy atom. The highest BCUT2D eigenvalue weighted by molar-refractivity contribution is 9.10. The van der Waals surface area contributed by atoms with Gasteiger partial charge in [-0.15, -0.1) is 0 Å². The zero-order valence-corrected chi connectivity index (χ0v) is 17.8. The highest BCUT2D eigenvalue weighted by atomic mass is 79.9. The zero-order chi connectivity index (χ0) is 21.6. The van der Waals surface area contributed by atoms with Crippen molar-refractivity contribution in [3.05, 3.63) is 87.9 Å². The number of carbonyl (C=O) groups is 2. The Kier molecular flexibility index (Phi) is 6.28. The lowest BCUT2D eigenvalue weighted by atomic mass is 10.2. The van der Waals surface area contributed by atoms with Crippen molar-refractivity contribution in [3.63, 3.8) is 0 Å². The minimum atomic E-state index is -0.450. The van der Waals surface area contributed by atoms with E-state index in [0.29, 0.717) is 41.6 Å². The number of nitrogens with one attached hydrogen (secondary N) is 1. The molecule has 3 aromatic carbocycles. The number of amides is 1. The van der Waals surface area contributed by atoms with Crippen LogP contribution in [0.5, 0.6) is 17.2 Å². The van der Waals surface area contributed by atoms with Gasteiger partial charge in [0.05, 0.1) is 11.8 Å². The number of rotatable bonds is 5. The average Bonchev–Trinajstić information content (AvgIpc) is 2.80. The molecule has 156 valence electrons. The summed E-state index contributed by atoms with van der Waals surface area (Å²) in [5.74, 6) is 0.743. The molecule has 0 saturated carbocycles. The number of nitrogens with zero attached hydrogens (tertiary/aromatic N) is 1. The number of fused-ring (bicyclic) bond motifs is 1. The summed E-state index contributed by atoms with van der Waals surface area (Å²) < 4.78 is 17.1. The van der Waals surface area contributed by atoms with Gasteiger partial charge in [0.2, 0.25) is 0 Å². The molecule has 1 aliphatic heterocycles. The van der Waals surface area contributed by atoms with Crippen LogP contribution in [0.3, 0.4) is 0 Å². The summed E-state index contributed by atoms with van der Waals surface area (Å²) in [6.07, 6.45) is 1.50. The lowest BCUT2D eigenvalue weighted by Crippen LogP contribution is -2.19. The van der Waals surface area contributed by atoms with Crippen molar-refractivity contribution >= 4 is 34.0 Å². The molecule has 1 aliphatic rings. The van der Waals surface area contributed by atoms with Crippen LogP contribution >= 0.6 is 15.9 Å². The van der Waals surface area contributed by atoms with Crippen LogP contribution in [0.25, 0.3) is 0 Å². The molecule has 0 radical (unpaired) electrons. The number of benzene rings is 3. The van der Waals surface area contributed by atoms with Crippen LogP contribution in [0.2, 0.25) is 0 Å². The molecule has 3 aromatic rings. The lowest BCUT2D eigenvalue weighted by Gasteiger charge is -2.18. The lowest BCUT2D eigenvalue weighted by molar-refractivity contribution is 0.0734. The van der Waals surface area contributed by atoms with Gasteiger partial charge >= 0.3 is 5.97 Å². The molecule has 4 rings (SSSR count). The average molecular weight is 481 g/mol. The SMILES string of the molecule is O=C(N/N=C\c1ccc(OC(=O)c2cccc(Br)c2)cc1)c1ccc2c(c1)OCCO2. The van der Waals surface area contributed by atoms with E-state index in [2.05, 4.69) is 26.5 Å². The molecule has 1 amide bonds. The van der Waals surface area contributed by atoms with Crippen molar-refractivity contribution in [2.24, 2.45) is 5.10 Å². The number of carbonyl (C=O) groups excluding carboxylic acids is 2. The summed E-state index contributed by atoms with van der Waals surface area (Å²) in [5, 5.41) is 3.97. The van der Waals surface area contributed by atoms with E-state index in [9.17, 15) is 9.59 Å². The number of hydrazone groups is 1. The normalized spacial score (nSPS) is 12.4.